The molecule has 0 amide bonds. The Morgan fingerprint density at radius 3 is 2.48 bits per heavy atom. The molecule has 3 heteroatoms. The quantitative estimate of drug-likeness (QED) is 0.206. The molecule has 0 N–H and O–H groups in total. The number of carbonyl (C=O) groups excluding carboxylic acids is 1. The number of ether oxygens (including phenoxy) is 1. The third kappa shape index (κ3) is 8.01. The molecule has 0 atom stereocenters. The number of carbonyl (C=O) groups is 1. The standard InChI is InChI=1S/C24H31ClO2/c1-7-8-14-27-23(26)15-18(3)11-9-10-17(2)12-13-22-19(4)16-20(5)24(25)21(22)6/h9-13,15-16H,7-8,14H2,1-6H3/b11-9+,13-12+,17-10+,18-15+. The maximum Gasteiger partial charge on any atom is 0.331 e. The second-order valence-electron chi connectivity index (χ2n) is 6.88. The van der Waals surface area contributed by atoms with Crippen LogP contribution in [0.15, 0.2) is 47.6 Å². The minimum atomic E-state index is -0.284. The normalized spacial score (nSPS) is 13.0. The van der Waals surface area contributed by atoms with E-state index in [2.05, 4.69) is 39.0 Å². The van der Waals surface area contributed by atoms with Crippen molar-refractivity contribution in [2.75, 3.05) is 6.61 Å². The lowest BCUT2D eigenvalue weighted by atomic mass is 9.98. The molecule has 0 bridgehead atoms. The molecule has 0 heterocycles. The maximum atomic E-state index is 11.6. The first-order chi connectivity index (χ1) is 12.8. The summed E-state index contributed by atoms with van der Waals surface area (Å²) in [7, 11) is 0. The molecule has 0 aromatic heterocycles. The van der Waals surface area contributed by atoms with E-state index >= 15 is 0 Å². The summed E-state index contributed by atoms with van der Waals surface area (Å²) < 4.78 is 5.12. The van der Waals surface area contributed by atoms with Crippen LogP contribution in [0.5, 0.6) is 0 Å². The molecular formula is C24H31ClO2. The van der Waals surface area contributed by atoms with Crippen molar-refractivity contribution in [1.29, 1.82) is 0 Å². The van der Waals surface area contributed by atoms with Crippen LogP contribution in [0.25, 0.3) is 6.08 Å². The van der Waals surface area contributed by atoms with E-state index in [1.54, 1.807) is 0 Å². The molecule has 146 valence electrons. The summed E-state index contributed by atoms with van der Waals surface area (Å²) in [5.74, 6) is -0.284. The van der Waals surface area contributed by atoms with Crippen LogP contribution in [0.3, 0.4) is 0 Å². The summed E-state index contributed by atoms with van der Waals surface area (Å²) in [4.78, 5) is 11.6. The highest BCUT2D eigenvalue weighted by Gasteiger charge is 2.06. The lowest BCUT2D eigenvalue weighted by Crippen LogP contribution is -2.02. The second-order valence-corrected chi connectivity index (χ2v) is 7.25. The first-order valence-electron chi connectivity index (χ1n) is 9.40. The van der Waals surface area contributed by atoms with Gasteiger partial charge in [0.15, 0.2) is 0 Å². The monoisotopic (exact) mass is 386 g/mol. The molecular weight excluding hydrogens is 356 g/mol. The maximum absolute atomic E-state index is 11.6. The predicted molar refractivity (Wildman–Crippen MR) is 117 cm³/mol. The van der Waals surface area contributed by atoms with E-state index < -0.39 is 0 Å². The summed E-state index contributed by atoms with van der Waals surface area (Å²) >= 11 is 6.37. The van der Waals surface area contributed by atoms with Crippen LogP contribution in [0.2, 0.25) is 5.02 Å². The number of allylic oxidation sites excluding steroid dienone is 6. The van der Waals surface area contributed by atoms with Gasteiger partial charge in [0.25, 0.3) is 0 Å². The number of unbranched alkanes of at least 4 members (excludes halogenated alkanes) is 1. The first kappa shape index (κ1) is 23.0. The molecule has 0 spiro atoms. The molecule has 27 heavy (non-hydrogen) atoms. The van der Waals surface area contributed by atoms with Crippen molar-refractivity contribution in [2.45, 2.75) is 54.4 Å². The zero-order valence-corrected chi connectivity index (χ0v) is 18.1. The predicted octanol–water partition coefficient (Wildman–Crippen LogP) is 7.07. The summed E-state index contributed by atoms with van der Waals surface area (Å²) in [6, 6.07) is 2.11. The van der Waals surface area contributed by atoms with Crippen molar-refractivity contribution in [3.8, 4) is 0 Å². The molecule has 1 aromatic rings. The van der Waals surface area contributed by atoms with E-state index in [0.717, 1.165) is 45.7 Å². The number of hydrogen-bond acceptors (Lipinski definition) is 2. The van der Waals surface area contributed by atoms with Gasteiger partial charge in [0, 0.05) is 11.1 Å². The SMILES string of the molecule is CCCCOC(=O)/C=C(C)/C=C/C=C(C)/C=C/c1c(C)cc(C)c(Cl)c1C. The van der Waals surface area contributed by atoms with E-state index in [4.69, 9.17) is 16.3 Å². The molecule has 0 aliphatic rings. The number of rotatable bonds is 8. The zero-order chi connectivity index (χ0) is 20.4. The number of esters is 1. The number of benzene rings is 1. The Morgan fingerprint density at radius 1 is 1.11 bits per heavy atom. The van der Waals surface area contributed by atoms with Crippen LogP contribution in [-0.2, 0) is 9.53 Å². The van der Waals surface area contributed by atoms with E-state index in [1.807, 2.05) is 39.0 Å². The van der Waals surface area contributed by atoms with Crippen molar-refractivity contribution in [1.82, 2.24) is 0 Å². The van der Waals surface area contributed by atoms with E-state index in [1.165, 1.54) is 11.6 Å². The minimum Gasteiger partial charge on any atom is -0.463 e. The van der Waals surface area contributed by atoms with E-state index in [0.29, 0.717) is 6.61 Å². The van der Waals surface area contributed by atoms with Crippen LogP contribution in [-0.4, -0.2) is 12.6 Å². The molecule has 0 unspecified atom stereocenters. The van der Waals surface area contributed by atoms with Crippen LogP contribution in [0.4, 0.5) is 0 Å². The van der Waals surface area contributed by atoms with Gasteiger partial charge in [-0.2, -0.15) is 0 Å². The molecule has 0 radical (unpaired) electrons. The van der Waals surface area contributed by atoms with Crippen molar-refractivity contribution in [3.05, 3.63) is 74.9 Å². The van der Waals surface area contributed by atoms with Crippen LogP contribution in [0, 0.1) is 20.8 Å². The largest absolute Gasteiger partial charge is 0.463 e. The average Bonchev–Trinajstić information content (AvgIpc) is 2.59. The average molecular weight is 387 g/mol. The van der Waals surface area contributed by atoms with E-state index in [-0.39, 0.29) is 5.97 Å². The summed E-state index contributed by atoms with van der Waals surface area (Å²) in [6.07, 6.45) is 13.5. The Labute approximate surface area is 169 Å². The minimum absolute atomic E-state index is 0.284. The number of hydrogen-bond donors (Lipinski definition) is 0. The molecule has 2 nitrogen and oxygen atoms in total. The van der Waals surface area contributed by atoms with Gasteiger partial charge in [0.2, 0.25) is 0 Å². The topological polar surface area (TPSA) is 26.3 Å². The smallest absolute Gasteiger partial charge is 0.331 e. The summed E-state index contributed by atoms with van der Waals surface area (Å²) in [6.45, 7) is 12.7. The Morgan fingerprint density at radius 2 is 1.81 bits per heavy atom. The van der Waals surface area contributed by atoms with Gasteiger partial charge >= 0.3 is 5.97 Å². The molecule has 0 aliphatic carbocycles. The Hall–Kier alpha value is -2.06. The van der Waals surface area contributed by atoms with Gasteiger partial charge in [0.1, 0.15) is 0 Å². The van der Waals surface area contributed by atoms with Crippen molar-refractivity contribution >= 4 is 23.6 Å². The van der Waals surface area contributed by atoms with Gasteiger partial charge < -0.3 is 4.74 Å². The fraction of sp³-hybridized carbons (Fsp3) is 0.375. The van der Waals surface area contributed by atoms with Crippen molar-refractivity contribution in [2.24, 2.45) is 0 Å². The van der Waals surface area contributed by atoms with Gasteiger partial charge in [-0.3, -0.25) is 0 Å². The number of halogens is 1. The van der Waals surface area contributed by atoms with Gasteiger partial charge in [0.05, 0.1) is 6.61 Å². The van der Waals surface area contributed by atoms with Crippen molar-refractivity contribution in [3.63, 3.8) is 0 Å². The second kappa shape index (κ2) is 11.6. The molecule has 1 aromatic carbocycles. The lowest BCUT2D eigenvalue weighted by molar-refractivity contribution is -0.137. The Bertz CT molecular complexity index is 780. The molecule has 0 saturated carbocycles. The van der Waals surface area contributed by atoms with Crippen molar-refractivity contribution < 1.29 is 9.53 Å². The third-order valence-corrected chi connectivity index (χ3v) is 4.84. The Balaban J connectivity index is 2.75. The van der Waals surface area contributed by atoms with Crippen LogP contribution >= 0.6 is 11.6 Å². The molecule has 0 saturated heterocycles. The molecule has 0 aliphatic heterocycles. The number of aryl methyl sites for hydroxylation is 2. The van der Waals surface area contributed by atoms with Crippen LogP contribution in [0.1, 0.15) is 55.9 Å². The fourth-order valence-electron chi connectivity index (χ4n) is 2.65. The summed E-state index contributed by atoms with van der Waals surface area (Å²) in [5.41, 5.74) is 6.56. The Kier molecular flexibility index (Phi) is 9.88. The summed E-state index contributed by atoms with van der Waals surface area (Å²) in [5, 5.41) is 0.827. The zero-order valence-electron chi connectivity index (χ0n) is 17.4. The highest BCUT2D eigenvalue weighted by molar-refractivity contribution is 6.32. The first-order valence-corrected chi connectivity index (χ1v) is 9.78. The highest BCUT2D eigenvalue weighted by atomic mass is 35.5. The van der Waals surface area contributed by atoms with E-state index in [9.17, 15) is 4.79 Å². The highest BCUT2D eigenvalue weighted by Crippen LogP contribution is 2.27. The van der Waals surface area contributed by atoms with Gasteiger partial charge in [-0.15, -0.1) is 0 Å². The third-order valence-electron chi connectivity index (χ3n) is 4.26. The molecule has 0 fully saturated rings. The van der Waals surface area contributed by atoms with Gasteiger partial charge in [-0.05, 0) is 68.9 Å². The van der Waals surface area contributed by atoms with Gasteiger partial charge in [-0.25, -0.2) is 4.79 Å². The van der Waals surface area contributed by atoms with Crippen LogP contribution < -0.4 is 0 Å². The fourth-order valence-corrected chi connectivity index (χ4v) is 2.80. The molecule has 1 rings (SSSR count). The van der Waals surface area contributed by atoms with Gasteiger partial charge in [-0.1, -0.05) is 67.0 Å². The lowest BCUT2D eigenvalue weighted by Gasteiger charge is -2.10.